The van der Waals surface area contributed by atoms with Gasteiger partial charge in [-0.25, -0.2) is 18.7 Å². The fourth-order valence-corrected chi connectivity index (χ4v) is 3.17. The number of amides is 1. The van der Waals surface area contributed by atoms with E-state index < -0.39 is 0 Å². The Balaban J connectivity index is 1.35. The number of hydrogen-bond donors (Lipinski definition) is 1. The molecular formula is C21H19F2N5O. The number of piperazine rings is 1. The van der Waals surface area contributed by atoms with Gasteiger partial charge in [-0.2, -0.15) is 0 Å². The summed E-state index contributed by atoms with van der Waals surface area (Å²) in [6.07, 6.45) is 2.91. The maximum atomic E-state index is 13.1. The number of hydrogen-bond acceptors (Lipinski definition) is 5. The van der Waals surface area contributed by atoms with E-state index in [-0.39, 0.29) is 23.2 Å². The molecule has 1 saturated heterocycles. The second kappa shape index (κ2) is 8.22. The number of carbonyl (C=O) groups is 1. The van der Waals surface area contributed by atoms with Gasteiger partial charge in [0.2, 0.25) is 0 Å². The van der Waals surface area contributed by atoms with Crippen LogP contribution in [-0.4, -0.2) is 47.0 Å². The molecular weight excluding hydrogens is 376 g/mol. The third-order valence-corrected chi connectivity index (χ3v) is 4.75. The van der Waals surface area contributed by atoms with Crippen LogP contribution in [0.3, 0.4) is 0 Å². The SMILES string of the molecule is O=C(c1cnc(Nc2ccc(F)cc2)cn1)N1CCN(c2ccc(F)cc2)CC1. The summed E-state index contributed by atoms with van der Waals surface area (Å²) in [6, 6.07) is 12.2. The Labute approximate surface area is 166 Å². The summed E-state index contributed by atoms with van der Waals surface area (Å²) < 4.78 is 26.0. The van der Waals surface area contributed by atoms with Gasteiger partial charge in [0.1, 0.15) is 23.1 Å². The summed E-state index contributed by atoms with van der Waals surface area (Å²) in [4.78, 5) is 25.0. The average molecular weight is 395 g/mol. The number of halogens is 2. The van der Waals surface area contributed by atoms with E-state index in [1.54, 1.807) is 29.2 Å². The van der Waals surface area contributed by atoms with Crippen LogP contribution in [0, 0.1) is 11.6 Å². The predicted molar refractivity (Wildman–Crippen MR) is 106 cm³/mol. The largest absolute Gasteiger partial charge is 0.368 e. The van der Waals surface area contributed by atoms with Crippen LogP contribution in [0.2, 0.25) is 0 Å². The summed E-state index contributed by atoms with van der Waals surface area (Å²) in [7, 11) is 0. The van der Waals surface area contributed by atoms with Crippen LogP contribution in [0.25, 0.3) is 0 Å². The van der Waals surface area contributed by atoms with Crippen molar-refractivity contribution in [2.75, 3.05) is 36.4 Å². The summed E-state index contributed by atoms with van der Waals surface area (Å²) >= 11 is 0. The Morgan fingerprint density at radius 3 is 2.03 bits per heavy atom. The smallest absolute Gasteiger partial charge is 0.274 e. The van der Waals surface area contributed by atoms with Gasteiger partial charge >= 0.3 is 0 Å². The quantitative estimate of drug-likeness (QED) is 0.733. The normalized spacial score (nSPS) is 14.0. The molecule has 1 aliphatic heterocycles. The average Bonchev–Trinajstić information content (AvgIpc) is 2.76. The molecule has 29 heavy (non-hydrogen) atoms. The fourth-order valence-electron chi connectivity index (χ4n) is 3.17. The van der Waals surface area contributed by atoms with Crippen molar-refractivity contribution in [3.63, 3.8) is 0 Å². The minimum absolute atomic E-state index is 0.176. The second-order valence-electron chi connectivity index (χ2n) is 6.67. The van der Waals surface area contributed by atoms with Gasteiger partial charge in [0.25, 0.3) is 5.91 Å². The molecule has 1 N–H and O–H groups in total. The molecule has 8 heteroatoms. The molecule has 2 aromatic carbocycles. The summed E-state index contributed by atoms with van der Waals surface area (Å²) in [5.74, 6) is -0.292. The lowest BCUT2D eigenvalue weighted by molar-refractivity contribution is 0.0740. The lowest BCUT2D eigenvalue weighted by Gasteiger charge is -2.35. The molecule has 0 saturated carbocycles. The van der Waals surface area contributed by atoms with E-state index in [1.165, 1.54) is 36.7 Å². The Morgan fingerprint density at radius 1 is 0.828 bits per heavy atom. The molecule has 6 nitrogen and oxygen atoms in total. The Morgan fingerprint density at radius 2 is 1.45 bits per heavy atom. The van der Waals surface area contributed by atoms with Gasteiger partial charge in [-0.3, -0.25) is 4.79 Å². The van der Waals surface area contributed by atoms with E-state index in [9.17, 15) is 13.6 Å². The zero-order valence-electron chi connectivity index (χ0n) is 15.6. The minimum atomic E-state index is -0.317. The Bertz CT molecular complexity index is 969. The molecule has 0 radical (unpaired) electrons. The number of carbonyl (C=O) groups excluding carboxylic acids is 1. The van der Waals surface area contributed by atoms with Crippen molar-refractivity contribution >= 4 is 23.1 Å². The van der Waals surface area contributed by atoms with E-state index >= 15 is 0 Å². The highest BCUT2D eigenvalue weighted by atomic mass is 19.1. The monoisotopic (exact) mass is 395 g/mol. The first-order valence-electron chi connectivity index (χ1n) is 9.23. The van der Waals surface area contributed by atoms with Crippen LogP contribution in [0.1, 0.15) is 10.5 Å². The number of nitrogens with zero attached hydrogens (tertiary/aromatic N) is 4. The third-order valence-electron chi connectivity index (χ3n) is 4.75. The summed E-state index contributed by atoms with van der Waals surface area (Å²) in [5.41, 5.74) is 1.89. The molecule has 3 aromatic rings. The molecule has 0 atom stereocenters. The van der Waals surface area contributed by atoms with Crippen LogP contribution in [-0.2, 0) is 0 Å². The van der Waals surface area contributed by atoms with E-state index in [2.05, 4.69) is 20.2 Å². The molecule has 4 rings (SSSR count). The van der Waals surface area contributed by atoms with Crippen molar-refractivity contribution in [2.45, 2.75) is 0 Å². The highest BCUT2D eigenvalue weighted by Crippen LogP contribution is 2.18. The lowest BCUT2D eigenvalue weighted by Crippen LogP contribution is -2.49. The first-order chi connectivity index (χ1) is 14.1. The van der Waals surface area contributed by atoms with Crippen LogP contribution >= 0.6 is 0 Å². The van der Waals surface area contributed by atoms with Gasteiger partial charge in [-0.15, -0.1) is 0 Å². The fraction of sp³-hybridized carbons (Fsp3) is 0.190. The zero-order valence-corrected chi connectivity index (χ0v) is 15.6. The lowest BCUT2D eigenvalue weighted by atomic mass is 10.2. The Hall–Kier alpha value is -3.55. The highest BCUT2D eigenvalue weighted by molar-refractivity contribution is 5.92. The molecule has 1 aromatic heterocycles. The van der Waals surface area contributed by atoms with Gasteiger partial charge in [0.05, 0.1) is 12.4 Å². The van der Waals surface area contributed by atoms with Crippen molar-refractivity contribution in [1.82, 2.24) is 14.9 Å². The minimum Gasteiger partial charge on any atom is -0.368 e. The molecule has 2 heterocycles. The van der Waals surface area contributed by atoms with Crippen LogP contribution in [0.5, 0.6) is 0 Å². The van der Waals surface area contributed by atoms with Crippen LogP contribution in [0.4, 0.5) is 26.0 Å². The van der Waals surface area contributed by atoms with E-state index in [0.717, 1.165) is 5.69 Å². The molecule has 0 spiro atoms. The van der Waals surface area contributed by atoms with E-state index in [1.807, 2.05) is 0 Å². The first-order valence-corrected chi connectivity index (χ1v) is 9.23. The third kappa shape index (κ3) is 4.48. The predicted octanol–water partition coefficient (Wildman–Crippen LogP) is 3.46. The number of aromatic nitrogens is 2. The molecule has 1 fully saturated rings. The van der Waals surface area contributed by atoms with Gasteiger partial charge in [-0.1, -0.05) is 0 Å². The molecule has 1 aliphatic rings. The van der Waals surface area contributed by atoms with Crippen LogP contribution < -0.4 is 10.2 Å². The van der Waals surface area contributed by atoms with E-state index in [0.29, 0.717) is 37.7 Å². The van der Waals surface area contributed by atoms with E-state index in [4.69, 9.17) is 0 Å². The number of anilines is 3. The number of benzene rings is 2. The van der Waals surface area contributed by atoms with Crippen LogP contribution in [0.15, 0.2) is 60.9 Å². The van der Waals surface area contributed by atoms with Gasteiger partial charge in [-0.05, 0) is 48.5 Å². The van der Waals surface area contributed by atoms with Crippen molar-refractivity contribution in [2.24, 2.45) is 0 Å². The van der Waals surface area contributed by atoms with Gasteiger partial charge in [0, 0.05) is 37.6 Å². The molecule has 0 unspecified atom stereocenters. The van der Waals surface area contributed by atoms with Crippen molar-refractivity contribution in [1.29, 1.82) is 0 Å². The standard InChI is InChI=1S/C21H19F2N5O/c22-15-1-5-17(6-2-15)26-20-14-24-19(13-25-20)21(29)28-11-9-27(10-12-28)18-7-3-16(23)4-8-18/h1-8,13-14H,9-12H2,(H,25,26). The van der Waals surface area contributed by atoms with Gasteiger partial charge in [0.15, 0.2) is 0 Å². The summed E-state index contributed by atoms with van der Waals surface area (Å²) in [6.45, 7) is 2.42. The topological polar surface area (TPSA) is 61.4 Å². The second-order valence-corrected chi connectivity index (χ2v) is 6.67. The summed E-state index contributed by atoms with van der Waals surface area (Å²) in [5, 5.41) is 3.01. The number of nitrogens with one attached hydrogen (secondary N) is 1. The molecule has 1 amide bonds. The molecule has 0 aliphatic carbocycles. The van der Waals surface area contributed by atoms with Crippen molar-refractivity contribution in [3.05, 3.63) is 78.3 Å². The first kappa shape index (κ1) is 18.8. The zero-order chi connectivity index (χ0) is 20.2. The maximum absolute atomic E-state index is 13.1. The molecule has 148 valence electrons. The maximum Gasteiger partial charge on any atom is 0.274 e. The number of rotatable bonds is 4. The van der Waals surface area contributed by atoms with Crippen molar-refractivity contribution in [3.8, 4) is 0 Å². The highest BCUT2D eigenvalue weighted by Gasteiger charge is 2.23. The van der Waals surface area contributed by atoms with Crippen molar-refractivity contribution < 1.29 is 13.6 Å². The van der Waals surface area contributed by atoms with Gasteiger partial charge < -0.3 is 15.1 Å². The Kier molecular flexibility index (Phi) is 5.33. The molecule has 0 bridgehead atoms.